The number of carbonyl (C=O) groups excluding carboxylic acids is 1. The van der Waals surface area contributed by atoms with Crippen LogP contribution in [0.4, 0.5) is 0 Å². The van der Waals surface area contributed by atoms with Gasteiger partial charge in [0.05, 0.1) is 7.11 Å². The van der Waals surface area contributed by atoms with Crippen molar-refractivity contribution in [3.63, 3.8) is 0 Å². The quantitative estimate of drug-likeness (QED) is 0.611. The monoisotopic (exact) mass is 270 g/mol. The first-order valence-electron chi connectivity index (χ1n) is 4.60. The zero-order valence-corrected chi connectivity index (χ0v) is 10.1. The Morgan fingerprint density at radius 1 is 1.53 bits per heavy atom. The van der Waals surface area contributed by atoms with Crippen molar-refractivity contribution in [3.05, 3.63) is 34.3 Å². The molecule has 1 heterocycles. The van der Waals surface area contributed by atoms with Gasteiger partial charge in [-0.3, -0.25) is 0 Å². The van der Waals surface area contributed by atoms with Crippen molar-refractivity contribution in [2.75, 3.05) is 7.11 Å². The highest BCUT2D eigenvalue weighted by atomic mass is 79.9. The van der Waals surface area contributed by atoms with Crippen LogP contribution in [-0.4, -0.2) is 19.2 Å². The molecule has 1 aromatic carbocycles. The van der Waals surface area contributed by atoms with E-state index >= 15 is 0 Å². The van der Waals surface area contributed by atoms with Gasteiger partial charge in [-0.1, -0.05) is 34.1 Å². The predicted octanol–water partition coefficient (Wildman–Crippen LogP) is 2.24. The molecule has 2 rings (SSSR count). The highest BCUT2D eigenvalue weighted by molar-refractivity contribution is 9.10. The number of ether oxygens (including phenoxy) is 2. The average molecular weight is 271 g/mol. The van der Waals surface area contributed by atoms with Crippen molar-refractivity contribution in [1.29, 1.82) is 0 Å². The minimum Gasteiger partial charge on any atom is -0.467 e. The fraction of sp³-hybridized carbons (Fsp3) is 0.364. The highest BCUT2D eigenvalue weighted by Crippen LogP contribution is 2.48. The van der Waals surface area contributed by atoms with Crippen molar-refractivity contribution in [3.8, 4) is 0 Å². The second kappa shape index (κ2) is 3.61. The molecule has 1 aliphatic heterocycles. The third kappa shape index (κ3) is 1.68. The number of halogens is 1. The highest BCUT2D eigenvalue weighted by Gasteiger charge is 2.59. The summed E-state index contributed by atoms with van der Waals surface area (Å²) in [7, 11) is 1.37. The second-order valence-corrected chi connectivity index (χ2v) is 4.46. The molecular formula is C11H11BrO3. The molecule has 2 unspecified atom stereocenters. The summed E-state index contributed by atoms with van der Waals surface area (Å²) in [6.45, 7) is 1.88. The number of methoxy groups -OCH3 is 1. The van der Waals surface area contributed by atoms with E-state index in [2.05, 4.69) is 20.7 Å². The van der Waals surface area contributed by atoms with Gasteiger partial charge in [0.1, 0.15) is 5.60 Å². The van der Waals surface area contributed by atoms with E-state index in [1.54, 1.807) is 0 Å². The molecule has 0 aromatic heterocycles. The lowest BCUT2D eigenvalue weighted by molar-refractivity contribution is -0.142. The lowest BCUT2D eigenvalue weighted by Gasteiger charge is -2.08. The van der Waals surface area contributed by atoms with Crippen LogP contribution in [0.2, 0.25) is 0 Å². The SMILES string of the molecule is COC(=O)C1OC1(C)c1ccccc1Br. The van der Waals surface area contributed by atoms with E-state index in [0.29, 0.717) is 0 Å². The van der Waals surface area contributed by atoms with Crippen molar-refractivity contribution >= 4 is 21.9 Å². The Morgan fingerprint density at radius 3 is 2.80 bits per heavy atom. The summed E-state index contributed by atoms with van der Waals surface area (Å²) in [6.07, 6.45) is -0.485. The summed E-state index contributed by atoms with van der Waals surface area (Å²) in [4.78, 5) is 11.3. The average Bonchev–Trinajstić information content (AvgIpc) is 2.91. The number of hydrogen-bond acceptors (Lipinski definition) is 3. The molecule has 0 amide bonds. The van der Waals surface area contributed by atoms with E-state index in [-0.39, 0.29) is 5.97 Å². The topological polar surface area (TPSA) is 38.8 Å². The van der Waals surface area contributed by atoms with Gasteiger partial charge in [0.25, 0.3) is 0 Å². The molecule has 4 heteroatoms. The van der Waals surface area contributed by atoms with Gasteiger partial charge in [-0.05, 0) is 13.0 Å². The van der Waals surface area contributed by atoms with E-state index < -0.39 is 11.7 Å². The molecule has 0 spiro atoms. The Bertz CT molecular complexity index is 405. The van der Waals surface area contributed by atoms with Gasteiger partial charge in [-0.15, -0.1) is 0 Å². The lowest BCUT2D eigenvalue weighted by Crippen LogP contribution is -2.17. The number of benzene rings is 1. The molecular weight excluding hydrogens is 260 g/mol. The van der Waals surface area contributed by atoms with Crippen LogP contribution in [0.1, 0.15) is 12.5 Å². The number of rotatable bonds is 2. The molecule has 0 bridgehead atoms. The molecule has 3 nitrogen and oxygen atoms in total. The fourth-order valence-electron chi connectivity index (χ4n) is 1.66. The van der Waals surface area contributed by atoms with Gasteiger partial charge < -0.3 is 9.47 Å². The van der Waals surface area contributed by atoms with Crippen LogP contribution in [-0.2, 0) is 19.9 Å². The van der Waals surface area contributed by atoms with Crippen molar-refractivity contribution in [2.24, 2.45) is 0 Å². The molecule has 15 heavy (non-hydrogen) atoms. The van der Waals surface area contributed by atoms with E-state index in [1.807, 2.05) is 31.2 Å². The molecule has 1 aromatic rings. The van der Waals surface area contributed by atoms with Crippen LogP contribution >= 0.6 is 15.9 Å². The Kier molecular flexibility index (Phi) is 2.56. The Morgan fingerprint density at radius 2 is 2.20 bits per heavy atom. The third-order valence-electron chi connectivity index (χ3n) is 2.63. The third-order valence-corrected chi connectivity index (χ3v) is 3.32. The Balaban J connectivity index is 2.27. The lowest BCUT2D eigenvalue weighted by atomic mass is 9.97. The van der Waals surface area contributed by atoms with Crippen molar-refractivity contribution < 1.29 is 14.3 Å². The summed E-state index contributed by atoms with van der Waals surface area (Å²) in [5.41, 5.74) is 0.424. The summed E-state index contributed by atoms with van der Waals surface area (Å²) in [6, 6.07) is 7.71. The number of epoxide rings is 1. The second-order valence-electron chi connectivity index (χ2n) is 3.61. The van der Waals surface area contributed by atoms with Gasteiger partial charge in [-0.2, -0.15) is 0 Å². The van der Waals surface area contributed by atoms with Crippen LogP contribution in [0.25, 0.3) is 0 Å². The Hall–Kier alpha value is -0.870. The first-order chi connectivity index (χ1) is 7.09. The minimum atomic E-state index is -0.548. The number of hydrogen-bond donors (Lipinski definition) is 0. The molecule has 0 N–H and O–H groups in total. The molecule has 1 saturated heterocycles. The summed E-state index contributed by atoms with van der Waals surface area (Å²) < 4.78 is 11.0. The van der Waals surface area contributed by atoms with E-state index in [0.717, 1.165) is 10.0 Å². The van der Waals surface area contributed by atoms with E-state index in [1.165, 1.54) is 7.11 Å². The summed E-state index contributed by atoms with van der Waals surface area (Å²) in [5, 5.41) is 0. The van der Waals surface area contributed by atoms with E-state index in [4.69, 9.17) is 4.74 Å². The van der Waals surface area contributed by atoms with Crippen LogP contribution in [0.15, 0.2) is 28.7 Å². The van der Waals surface area contributed by atoms with Crippen LogP contribution in [0.5, 0.6) is 0 Å². The summed E-state index contributed by atoms with van der Waals surface area (Å²) >= 11 is 3.44. The fourth-order valence-corrected chi connectivity index (χ4v) is 2.34. The maximum atomic E-state index is 11.3. The van der Waals surface area contributed by atoms with Gasteiger partial charge in [-0.25, -0.2) is 4.79 Å². The van der Waals surface area contributed by atoms with Gasteiger partial charge in [0, 0.05) is 10.0 Å². The zero-order chi connectivity index (χ0) is 11.1. The number of esters is 1. The molecule has 0 radical (unpaired) electrons. The first-order valence-corrected chi connectivity index (χ1v) is 5.39. The summed E-state index contributed by atoms with van der Waals surface area (Å²) in [5.74, 6) is -0.326. The predicted molar refractivity (Wildman–Crippen MR) is 58.4 cm³/mol. The van der Waals surface area contributed by atoms with Gasteiger partial charge in [0.15, 0.2) is 6.10 Å². The maximum Gasteiger partial charge on any atom is 0.338 e. The molecule has 0 saturated carbocycles. The Labute approximate surface area is 96.5 Å². The van der Waals surface area contributed by atoms with E-state index in [9.17, 15) is 4.79 Å². The minimum absolute atomic E-state index is 0.326. The smallest absolute Gasteiger partial charge is 0.338 e. The normalized spacial score (nSPS) is 28.6. The molecule has 0 aliphatic carbocycles. The number of carbonyl (C=O) groups is 1. The van der Waals surface area contributed by atoms with Gasteiger partial charge >= 0.3 is 5.97 Å². The van der Waals surface area contributed by atoms with Crippen LogP contribution in [0, 0.1) is 0 Å². The molecule has 1 fully saturated rings. The zero-order valence-electron chi connectivity index (χ0n) is 8.49. The molecule has 1 aliphatic rings. The molecule has 80 valence electrons. The maximum absolute atomic E-state index is 11.3. The van der Waals surface area contributed by atoms with Crippen LogP contribution < -0.4 is 0 Å². The van der Waals surface area contributed by atoms with Gasteiger partial charge in [0.2, 0.25) is 0 Å². The van der Waals surface area contributed by atoms with Crippen molar-refractivity contribution in [1.82, 2.24) is 0 Å². The molecule has 2 atom stereocenters. The standard InChI is InChI=1S/C11H11BrO3/c1-11(9(15-11)10(13)14-2)7-5-3-4-6-8(7)12/h3-6,9H,1-2H3. The van der Waals surface area contributed by atoms with Crippen molar-refractivity contribution in [2.45, 2.75) is 18.6 Å². The first kappa shape index (κ1) is 10.6. The largest absolute Gasteiger partial charge is 0.467 e. The van der Waals surface area contributed by atoms with Crippen LogP contribution in [0.3, 0.4) is 0 Å².